The molecule has 0 saturated carbocycles. The fourth-order valence-corrected chi connectivity index (χ4v) is 9.22. The van der Waals surface area contributed by atoms with E-state index in [4.69, 9.17) is 26.0 Å². The predicted octanol–water partition coefficient (Wildman–Crippen LogP) is 8.70. The normalized spacial score (nSPS) is 17.5. The van der Waals surface area contributed by atoms with Crippen LogP contribution in [0.5, 0.6) is 0 Å². The molecule has 51 heavy (non-hydrogen) atoms. The quantitative estimate of drug-likeness (QED) is 0.174. The van der Waals surface area contributed by atoms with Crippen LogP contribution in [0.4, 0.5) is 14.6 Å². The summed E-state index contributed by atoms with van der Waals surface area (Å²) >= 11 is 7.80. The van der Waals surface area contributed by atoms with Gasteiger partial charge in [-0.1, -0.05) is 23.7 Å². The maximum Gasteiger partial charge on any atom is 0.257 e. The molecular formula is C38H28ClF2N7O2S. The molecule has 254 valence electrons. The first-order valence-electron chi connectivity index (χ1n) is 16.8. The number of benzene rings is 2. The summed E-state index contributed by atoms with van der Waals surface area (Å²) in [5.41, 5.74) is 5.37. The molecule has 3 aliphatic rings. The van der Waals surface area contributed by atoms with Gasteiger partial charge in [0.2, 0.25) is 11.8 Å². The lowest BCUT2D eigenvalue weighted by atomic mass is 9.93. The smallest absolute Gasteiger partial charge is 0.257 e. The van der Waals surface area contributed by atoms with Crippen molar-refractivity contribution in [3.63, 3.8) is 0 Å². The van der Waals surface area contributed by atoms with E-state index in [2.05, 4.69) is 15.5 Å². The highest BCUT2D eigenvalue weighted by molar-refractivity contribution is 7.23. The number of rotatable bonds is 7. The lowest BCUT2D eigenvalue weighted by Crippen LogP contribution is -2.22. The number of hydrogen-bond donors (Lipinski definition) is 1. The summed E-state index contributed by atoms with van der Waals surface area (Å²) in [5, 5.41) is 22.5. The van der Waals surface area contributed by atoms with Gasteiger partial charge in [0.25, 0.3) is 5.91 Å². The first-order valence-corrected chi connectivity index (χ1v) is 18.0. The van der Waals surface area contributed by atoms with E-state index in [9.17, 15) is 14.4 Å². The van der Waals surface area contributed by atoms with Crippen LogP contribution in [0.3, 0.4) is 0 Å². The monoisotopic (exact) mass is 719 g/mol. The molecule has 1 amide bonds. The number of carbonyl (C=O) groups excluding carboxylic acids is 1. The molecule has 6 heterocycles. The fourth-order valence-electron chi connectivity index (χ4n) is 7.81. The van der Waals surface area contributed by atoms with Crippen LogP contribution in [0, 0.1) is 29.9 Å². The Morgan fingerprint density at radius 3 is 2.73 bits per heavy atom. The Balaban J connectivity index is 1.19. The second-order valence-corrected chi connectivity index (χ2v) is 14.6. The zero-order valence-corrected chi connectivity index (χ0v) is 28.8. The van der Waals surface area contributed by atoms with Gasteiger partial charge >= 0.3 is 0 Å². The third kappa shape index (κ3) is 5.17. The van der Waals surface area contributed by atoms with Gasteiger partial charge in [0.1, 0.15) is 29.1 Å². The van der Waals surface area contributed by atoms with E-state index in [1.54, 1.807) is 31.3 Å². The van der Waals surface area contributed by atoms with Crippen molar-refractivity contribution >= 4 is 44.7 Å². The van der Waals surface area contributed by atoms with E-state index < -0.39 is 5.82 Å². The molecule has 0 bridgehead atoms. The van der Waals surface area contributed by atoms with E-state index in [0.717, 1.165) is 44.8 Å². The van der Waals surface area contributed by atoms with Crippen LogP contribution < -0.4 is 5.32 Å². The van der Waals surface area contributed by atoms with Crippen molar-refractivity contribution in [1.29, 1.82) is 5.26 Å². The number of nitriles is 1. The van der Waals surface area contributed by atoms with Gasteiger partial charge in [-0.3, -0.25) is 9.78 Å². The number of nitrogens with zero attached hydrogens (tertiary/aromatic N) is 6. The molecule has 1 fully saturated rings. The Morgan fingerprint density at radius 2 is 1.94 bits per heavy atom. The number of fused-ring (bicyclic) bond motifs is 5. The molecule has 1 saturated heterocycles. The SMILES string of the molecule is Cc1nnc(-c2c(CCc3ccc(F)cc3)nc3c(c2-c2cc4ccnc(N[C@H]5CCc6c5cc(Cl)c(C#N)c6F)c4s2)C(=O)N2CCC[C@H]32)o1. The fraction of sp³-hybridized carbons (Fsp3) is 0.263. The molecular weight excluding hydrogens is 692 g/mol. The first kappa shape index (κ1) is 31.7. The summed E-state index contributed by atoms with van der Waals surface area (Å²) in [5.74, 6) is 0.350. The average molecular weight is 720 g/mol. The van der Waals surface area contributed by atoms with Crippen molar-refractivity contribution in [2.45, 2.75) is 57.5 Å². The number of halogens is 3. The Labute approximate surface area is 299 Å². The van der Waals surface area contributed by atoms with E-state index >= 15 is 4.39 Å². The summed E-state index contributed by atoms with van der Waals surface area (Å²) < 4.78 is 35.8. The molecule has 1 aliphatic carbocycles. The molecule has 0 radical (unpaired) electrons. The zero-order chi connectivity index (χ0) is 35.0. The van der Waals surface area contributed by atoms with Crippen LogP contribution in [-0.2, 0) is 19.3 Å². The summed E-state index contributed by atoms with van der Waals surface area (Å²) in [6.07, 6.45) is 5.61. The van der Waals surface area contributed by atoms with E-state index in [1.807, 2.05) is 23.1 Å². The van der Waals surface area contributed by atoms with Crippen LogP contribution in [0.25, 0.3) is 32.0 Å². The minimum atomic E-state index is -0.565. The average Bonchev–Trinajstić information content (AvgIpc) is 3.96. The summed E-state index contributed by atoms with van der Waals surface area (Å²) in [6, 6.07) is 13.6. The van der Waals surface area contributed by atoms with Crippen LogP contribution in [0.1, 0.15) is 81.2 Å². The maximum absolute atomic E-state index is 15.2. The number of pyridine rings is 2. The lowest BCUT2D eigenvalue weighted by molar-refractivity contribution is 0.0776. The van der Waals surface area contributed by atoms with Gasteiger partial charge in [-0.15, -0.1) is 21.5 Å². The van der Waals surface area contributed by atoms with Crippen molar-refractivity contribution in [2.75, 3.05) is 11.9 Å². The number of nitrogens with one attached hydrogen (secondary N) is 1. The largest absolute Gasteiger partial charge is 0.421 e. The van der Waals surface area contributed by atoms with Crippen LogP contribution >= 0.6 is 22.9 Å². The highest BCUT2D eigenvalue weighted by Gasteiger charge is 2.45. The zero-order valence-electron chi connectivity index (χ0n) is 27.3. The van der Waals surface area contributed by atoms with E-state index in [0.29, 0.717) is 71.8 Å². The third-order valence-corrected chi connectivity index (χ3v) is 11.6. The molecule has 1 N–H and O–H groups in total. The highest BCUT2D eigenvalue weighted by atomic mass is 35.5. The second-order valence-electron chi connectivity index (χ2n) is 13.1. The minimum Gasteiger partial charge on any atom is -0.421 e. The number of carbonyl (C=O) groups is 1. The van der Waals surface area contributed by atoms with Gasteiger partial charge in [-0.05, 0) is 90.9 Å². The number of amides is 1. The first-order chi connectivity index (χ1) is 24.8. The Kier molecular flexibility index (Phi) is 7.59. The number of thiophene rings is 1. The molecule has 9 nitrogen and oxygen atoms in total. The molecule has 4 aromatic heterocycles. The van der Waals surface area contributed by atoms with Crippen molar-refractivity contribution in [1.82, 2.24) is 25.1 Å². The molecule has 6 aromatic rings. The number of hydrogen-bond acceptors (Lipinski definition) is 9. The van der Waals surface area contributed by atoms with E-state index in [1.165, 1.54) is 23.5 Å². The number of aryl methyl sites for hydroxylation is 3. The van der Waals surface area contributed by atoms with Gasteiger partial charge in [0.15, 0.2) is 0 Å². The molecule has 0 spiro atoms. The molecule has 2 atom stereocenters. The lowest BCUT2D eigenvalue weighted by Gasteiger charge is -2.16. The van der Waals surface area contributed by atoms with Crippen molar-refractivity contribution < 1.29 is 18.0 Å². The van der Waals surface area contributed by atoms with Crippen molar-refractivity contribution in [3.05, 3.63) is 110 Å². The van der Waals surface area contributed by atoms with Crippen molar-refractivity contribution in [2.24, 2.45) is 0 Å². The van der Waals surface area contributed by atoms with Gasteiger partial charge in [-0.2, -0.15) is 5.26 Å². The molecule has 13 heteroatoms. The van der Waals surface area contributed by atoms with Gasteiger partial charge in [0, 0.05) is 30.1 Å². The Bertz CT molecular complexity index is 2460. The van der Waals surface area contributed by atoms with Crippen LogP contribution in [0.2, 0.25) is 5.02 Å². The third-order valence-electron chi connectivity index (χ3n) is 10.2. The molecule has 2 aliphatic heterocycles. The topological polar surface area (TPSA) is 121 Å². The number of anilines is 1. The standard InChI is InChI=1S/C38H28ClF2N7O2S/c1-18-46-47-37(50-18)30-27(10-6-19-4-7-21(40)8-5-19)44-34-28-3-2-14-48(28)38(49)32(34)31(30)29-15-20-12-13-43-36(35(20)51-29)45-26-11-9-22-23(26)16-25(39)24(17-42)33(22)41/h4-5,7-8,12-13,15-16,26,28H,2-3,6,9-11,14H2,1H3,(H,43,45)/t26-,28+/m0/s1. The summed E-state index contributed by atoms with van der Waals surface area (Å²) in [6.45, 7) is 2.38. The molecule has 0 unspecified atom stereocenters. The predicted molar refractivity (Wildman–Crippen MR) is 189 cm³/mol. The van der Waals surface area contributed by atoms with E-state index in [-0.39, 0.29) is 40.3 Å². The van der Waals surface area contributed by atoms with Gasteiger partial charge < -0.3 is 14.6 Å². The minimum absolute atomic E-state index is 0.0651. The Hall–Kier alpha value is -5.25. The molecule has 2 aromatic carbocycles. The summed E-state index contributed by atoms with van der Waals surface area (Å²) in [4.78, 5) is 26.8. The number of aromatic nitrogens is 4. The van der Waals surface area contributed by atoms with Crippen LogP contribution in [0.15, 0.2) is 53.1 Å². The van der Waals surface area contributed by atoms with Crippen molar-refractivity contribution in [3.8, 4) is 28.0 Å². The Morgan fingerprint density at radius 1 is 1.10 bits per heavy atom. The second kappa shape index (κ2) is 12.2. The van der Waals surface area contributed by atoms with Gasteiger partial charge in [0.05, 0.1) is 44.3 Å². The summed E-state index contributed by atoms with van der Waals surface area (Å²) in [7, 11) is 0. The highest BCUT2D eigenvalue weighted by Crippen LogP contribution is 2.51. The van der Waals surface area contributed by atoms with Gasteiger partial charge in [-0.25, -0.2) is 13.8 Å². The molecule has 9 rings (SSSR count). The maximum atomic E-state index is 15.2. The van der Waals surface area contributed by atoms with Crippen LogP contribution in [-0.4, -0.2) is 37.5 Å².